The average Bonchev–Trinajstić information content (AvgIpc) is 3.06. The van der Waals surface area contributed by atoms with Crippen LogP contribution in [0.3, 0.4) is 0 Å². The van der Waals surface area contributed by atoms with Gasteiger partial charge >= 0.3 is 0 Å². The van der Waals surface area contributed by atoms with Gasteiger partial charge < -0.3 is 4.57 Å². The summed E-state index contributed by atoms with van der Waals surface area (Å²) in [4.78, 5) is 11.1. The number of carbonyl (C=O) groups excluding carboxylic acids is 1. The Bertz CT molecular complexity index is 1320. The molecule has 0 fully saturated rings. The number of aromatic nitrogens is 1. The van der Waals surface area contributed by atoms with Gasteiger partial charge in [-0.25, -0.2) is 0 Å². The summed E-state index contributed by atoms with van der Waals surface area (Å²) in [6.07, 6.45) is 0.887. The van der Waals surface area contributed by atoms with Crippen molar-refractivity contribution in [3.8, 4) is 22.4 Å². The number of aldehydes is 1. The summed E-state index contributed by atoms with van der Waals surface area (Å²) in [7, 11) is 2.13. The van der Waals surface area contributed by atoms with Crippen LogP contribution in [0, 0.1) is 0 Å². The van der Waals surface area contributed by atoms with Gasteiger partial charge in [-0.15, -0.1) is 0 Å². The Morgan fingerprint density at radius 1 is 0.714 bits per heavy atom. The van der Waals surface area contributed by atoms with Gasteiger partial charge in [0.2, 0.25) is 0 Å². The summed E-state index contributed by atoms with van der Waals surface area (Å²) in [6, 6.07) is 31.3. The Kier molecular flexibility index (Phi) is 3.84. The van der Waals surface area contributed by atoms with Crippen molar-refractivity contribution in [3.05, 3.63) is 96.6 Å². The molecule has 0 N–H and O–H groups in total. The third-order valence-electron chi connectivity index (χ3n) is 5.49. The molecule has 0 saturated carbocycles. The van der Waals surface area contributed by atoms with Crippen LogP contribution in [0.1, 0.15) is 10.4 Å². The zero-order valence-electron chi connectivity index (χ0n) is 15.6. The molecule has 0 radical (unpaired) electrons. The third kappa shape index (κ3) is 2.46. The summed E-state index contributed by atoms with van der Waals surface area (Å²) in [5, 5.41) is 3.68. The standard InChI is InChI=1S/C26H19NO/c1-27-24-12-5-4-10-23(24)25(20-15-13-18(17-28)14-16-20)26(27)22-11-6-8-19-7-2-3-9-21(19)22/h2-17H,1H3. The van der Waals surface area contributed by atoms with Crippen molar-refractivity contribution in [1.29, 1.82) is 0 Å². The van der Waals surface area contributed by atoms with Gasteiger partial charge in [0.1, 0.15) is 6.29 Å². The fourth-order valence-electron chi connectivity index (χ4n) is 4.16. The van der Waals surface area contributed by atoms with Crippen molar-refractivity contribution in [2.24, 2.45) is 7.05 Å². The van der Waals surface area contributed by atoms with Crippen LogP contribution < -0.4 is 0 Å². The summed E-state index contributed by atoms with van der Waals surface area (Å²) in [5.74, 6) is 0. The lowest BCUT2D eigenvalue weighted by molar-refractivity contribution is 0.112. The van der Waals surface area contributed by atoms with Gasteiger partial charge in [0.05, 0.1) is 5.69 Å². The number of hydrogen-bond acceptors (Lipinski definition) is 1. The average molecular weight is 361 g/mol. The van der Waals surface area contributed by atoms with Crippen molar-refractivity contribution in [2.45, 2.75) is 0 Å². The zero-order chi connectivity index (χ0) is 19.1. The van der Waals surface area contributed by atoms with Crippen LogP contribution in [0.2, 0.25) is 0 Å². The number of carbonyl (C=O) groups is 1. The molecule has 0 aliphatic carbocycles. The van der Waals surface area contributed by atoms with Crippen molar-refractivity contribution >= 4 is 28.0 Å². The van der Waals surface area contributed by atoms with E-state index in [-0.39, 0.29) is 0 Å². The van der Waals surface area contributed by atoms with E-state index in [1.807, 2.05) is 24.3 Å². The molecular formula is C26H19NO. The maximum absolute atomic E-state index is 11.1. The summed E-state index contributed by atoms with van der Waals surface area (Å²) >= 11 is 0. The lowest BCUT2D eigenvalue weighted by Crippen LogP contribution is -1.94. The summed E-state index contributed by atoms with van der Waals surface area (Å²) < 4.78 is 2.28. The number of rotatable bonds is 3. The molecule has 0 amide bonds. The fraction of sp³-hybridized carbons (Fsp3) is 0.0385. The van der Waals surface area contributed by atoms with Gasteiger partial charge in [0.25, 0.3) is 0 Å². The molecule has 4 aromatic carbocycles. The van der Waals surface area contributed by atoms with Gasteiger partial charge in [-0.2, -0.15) is 0 Å². The Morgan fingerprint density at radius 3 is 2.18 bits per heavy atom. The lowest BCUT2D eigenvalue weighted by Gasteiger charge is -2.12. The molecule has 0 atom stereocenters. The van der Waals surface area contributed by atoms with Crippen LogP contribution in [0.25, 0.3) is 44.1 Å². The maximum atomic E-state index is 11.1. The summed E-state index contributed by atoms with van der Waals surface area (Å²) in [5.41, 5.74) is 6.61. The molecule has 0 unspecified atom stereocenters. The molecule has 28 heavy (non-hydrogen) atoms. The second kappa shape index (κ2) is 6.50. The second-order valence-corrected chi connectivity index (χ2v) is 7.07. The third-order valence-corrected chi connectivity index (χ3v) is 5.49. The highest BCUT2D eigenvalue weighted by molar-refractivity contribution is 6.09. The molecular weight excluding hydrogens is 342 g/mol. The highest BCUT2D eigenvalue weighted by Crippen LogP contribution is 2.42. The van der Waals surface area contributed by atoms with E-state index in [0.29, 0.717) is 5.56 Å². The second-order valence-electron chi connectivity index (χ2n) is 7.07. The minimum Gasteiger partial charge on any atom is -0.343 e. The van der Waals surface area contributed by atoms with E-state index < -0.39 is 0 Å². The molecule has 0 bridgehead atoms. The first-order chi connectivity index (χ1) is 13.8. The van der Waals surface area contributed by atoms with Gasteiger partial charge in [-0.3, -0.25) is 4.79 Å². The SMILES string of the molecule is Cn1c(-c2cccc3ccccc23)c(-c2ccc(C=O)cc2)c2ccccc21. The number of nitrogens with zero attached hydrogens (tertiary/aromatic N) is 1. The molecule has 5 rings (SSSR count). The van der Waals surface area contributed by atoms with Crippen LogP contribution in [0.5, 0.6) is 0 Å². The van der Waals surface area contributed by atoms with Crippen LogP contribution >= 0.6 is 0 Å². The van der Waals surface area contributed by atoms with E-state index in [0.717, 1.165) is 11.8 Å². The largest absolute Gasteiger partial charge is 0.343 e. The minimum absolute atomic E-state index is 0.690. The first kappa shape index (κ1) is 16.5. The molecule has 1 heterocycles. The number of aryl methyl sites for hydroxylation is 1. The number of hydrogen-bond donors (Lipinski definition) is 0. The van der Waals surface area contributed by atoms with E-state index in [2.05, 4.69) is 78.3 Å². The Balaban J connectivity index is 1.90. The van der Waals surface area contributed by atoms with Crippen molar-refractivity contribution in [3.63, 3.8) is 0 Å². The number of fused-ring (bicyclic) bond motifs is 2. The predicted octanol–water partition coefficient (Wildman–Crippen LogP) is 6.48. The van der Waals surface area contributed by atoms with Gasteiger partial charge in [-0.05, 0) is 22.4 Å². The van der Waals surface area contributed by atoms with Gasteiger partial charge in [0, 0.05) is 34.6 Å². The monoisotopic (exact) mass is 361 g/mol. The van der Waals surface area contributed by atoms with Crippen molar-refractivity contribution in [2.75, 3.05) is 0 Å². The van der Waals surface area contributed by atoms with Crippen LogP contribution in [0.4, 0.5) is 0 Å². The van der Waals surface area contributed by atoms with E-state index in [4.69, 9.17) is 0 Å². The normalized spacial score (nSPS) is 11.2. The molecule has 0 aliphatic rings. The Labute approximate surface area is 163 Å². The number of para-hydroxylation sites is 1. The molecule has 134 valence electrons. The first-order valence-electron chi connectivity index (χ1n) is 9.39. The van der Waals surface area contributed by atoms with Crippen LogP contribution in [0.15, 0.2) is 91.0 Å². The van der Waals surface area contributed by atoms with Crippen LogP contribution in [-0.2, 0) is 7.05 Å². The van der Waals surface area contributed by atoms with Crippen molar-refractivity contribution in [1.82, 2.24) is 4.57 Å². The van der Waals surface area contributed by atoms with E-state index >= 15 is 0 Å². The molecule has 2 heteroatoms. The lowest BCUT2D eigenvalue weighted by atomic mass is 9.94. The van der Waals surface area contributed by atoms with Gasteiger partial charge in [-0.1, -0.05) is 84.9 Å². The predicted molar refractivity (Wildman–Crippen MR) is 117 cm³/mol. The van der Waals surface area contributed by atoms with Gasteiger partial charge in [0.15, 0.2) is 0 Å². The Hall–Kier alpha value is -3.65. The highest BCUT2D eigenvalue weighted by atomic mass is 16.1. The molecule has 1 aromatic heterocycles. The molecule has 0 spiro atoms. The maximum Gasteiger partial charge on any atom is 0.150 e. The molecule has 0 saturated heterocycles. The molecule has 0 aliphatic heterocycles. The summed E-state index contributed by atoms with van der Waals surface area (Å²) in [6.45, 7) is 0. The van der Waals surface area contributed by atoms with Crippen LogP contribution in [-0.4, -0.2) is 10.9 Å². The van der Waals surface area contributed by atoms with E-state index in [9.17, 15) is 4.79 Å². The molecule has 2 nitrogen and oxygen atoms in total. The smallest absolute Gasteiger partial charge is 0.150 e. The number of benzene rings is 4. The van der Waals surface area contributed by atoms with E-state index in [1.165, 1.54) is 38.5 Å². The highest BCUT2D eigenvalue weighted by Gasteiger charge is 2.19. The fourth-order valence-corrected chi connectivity index (χ4v) is 4.16. The Morgan fingerprint density at radius 2 is 1.39 bits per heavy atom. The zero-order valence-corrected chi connectivity index (χ0v) is 15.6. The van der Waals surface area contributed by atoms with E-state index in [1.54, 1.807) is 0 Å². The van der Waals surface area contributed by atoms with Crippen molar-refractivity contribution < 1.29 is 4.79 Å². The minimum atomic E-state index is 0.690. The molecule has 5 aromatic rings. The quantitative estimate of drug-likeness (QED) is 0.337. The first-order valence-corrected chi connectivity index (χ1v) is 9.39. The topological polar surface area (TPSA) is 22.0 Å².